The number of fused-ring (bicyclic) bond motifs is 1. The Hall–Kier alpha value is -1.52. The molecule has 3 atom stereocenters. The van der Waals surface area contributed by atoms with E-state index in [1.54, 1.807) is 20.8 Å². The number of allylic oxidation sites excluding steroid dienone is 2. The van der Waals surface area contributed by atoms with Crippen molar-refractivity contribution in [2.45, 2.75) is 58.6 Å². The van der Waals surface area contributed by atoms with Gasteiger partial charge >= 0.3 is 12.1 Å². The minimum absolute atomic E-state index is 0.263. The number of likely N-dealkylation sites (tertiary alicyclic amines) is 1. The van der Waals surface area contributed by atoms with Crippen LogP contribution in [0.1, 0.15) is 47.0 Å². The number of rotatable bonds is 1. The van der Waals surface area contributed by atoms with Crippen LogP contribution in [0.3, 0.4) is 0 Å². The maximum atomic E-state index is 12.3. The molecule has 2 aliphatic rings. The van der Waals surface area contributed by atoms with Crippen LogP contribution >= 0.6 is 0 Å². The molecule has 1 aliphatic heterocycles. The van der Waals surface area contributed by atoms with Crippen LogP contribution in [0.4, 0.5) is 4.79 Å². The molecule has 2 rings (SSSR count). The number of amides is 1. The molecule has 1 fully saturated rings. The molecule has 0 aromatic carbocycles. The molecule has 0 aromatic rings. The van der Waals surface area contributed by atoms with Crippen LogP contribution in [0.2, 0.25) is 0 Å². The molecule has 0 aromatic heterocycles. The summed E-state index contributed by atoms with van der Waals surface area (Å²) >= 11 is 0. The molecule has 5 heteroatoms. The Morgan fingerprint density at radius 3 is 2.62 bits per heavy atom. The van der Waals surface area contributed by atoms with Crippen molar-refractivity contribution >= 4 is 12.1 Å². The van der Waals surface area contributed by atoms with Gasteiger partial charge in [-0.05, 0) is 58.8 Å². The molecular formula is C16H25NO4. The van der Waals surface area contributed by atoms with E-state index in [9.17, 15) is 14.7 Å². The predicted molar refractivity (Wildman–Crippen MR) is 79.0 cm³/mol. The average molecular weight is 295 g/mol. The second kappa shape index (κ2) is 5.70. The molecular weight excluding hydrogens is 270 g/mol. The lowest BCUT2D eigenvalue weighted by Crippen LogP contribution is -2.54. The number of ether oxygens (including phenoxy) is 1. The third-order valence-corrected chi connectivity index (χ3v) is 4.23. The molecule has 1 heterocycles. The zero-order valence-electron chi connectivity index (χ0n) is 13.3. The lowest BCUT2D eigenvalue weighted by Gasteiger charge is -2.43. The third kappa shape index (κ3) is 3.77. The van der Waals surface area contributed by atoms with Gasteiger partial charge in [-0.2, -0.15) is 0 Å². The van der Waals surface area contributed by atoms with Gasteiger partial charge in [0, 0.05) is 6.54 Å². The average Bonchev–Trinajstić information content (AvgIpc) is 2.34. The zero-order chi connectivity index (χ0) is 15.8. The maximum absolute atomic E-state index is 12.3. The minimum atomic E-state index is -0.948. The summed E-state index contributed by atoms with van der Waals surface area (Å²) in [5.41, 5.74) is 0.714. The fourth-order valence-corrected chi connectivity index (χ4v) is 3.22. The summed E-state index contributed by atoms with van der Waals surface area (Å²) in [6.45, 7) is 7.94. The van der Waals surface area contributed by atoms with Crippen molar-refractivity contribution in [3.05, 3.63) is 11.6 Å². The van der Waals surface area contributed by atoms with Crippen LogP contribution in [0.5, 0.6) is 0 Å². The van der Waals surface area contributed by atoms with Crippen LogP contribution in [0.25, 0.3) is 0 Å². The molecule has 0 spiro atoms. The Balaban J connectivity index is 2.17. The van der Waals surface area contributed by atoms with E-state index >= 15 is 0 Å². The third-order valence-electron chi connectivity index (χ3n) is 4.23. The Morgan fingerprint density at radius 1 is 1.38 bits per heavy atom. The van der Waals surface area contributed by atoms with Gasteiger partial charge in [0.05, 0.1) is 0 Å². The quantitative estimate of drug-likeness (QED) is 0.755. The zero-order valence-corrected chi connectivity index (χ0v) is 13.3. The first-order valence-electron chi connectivity index (χ1n) is 7.57. The van der Waals surface area contributed by atoms with Crippen molar-refractivity contribution in [2.75, 3.05) is 6.54 Å². The minimum Gasteiger partial charge on any atom is -0.480 e. The van der Waals surface area contributed by atoms with E-state index in [1.165, 1.54) is 10.5 Å². The molecule has 1 N–H and O–H groups in total. The van der Waals surface area contributed by atoms with Gasteiger partial charge in [0.15, 0.2) is 0 Å². The summed E-state index contributed by atoms with van der Waals surface area (Å²) in [5.74, 6) is -0.341. The highest BCUT2D eigenvalue weighted by molar-refractivity contribution is 5.80. The lowest BCUT2D eigenvalue weighted by atomic mass is 9.74. The smallest absolute Gasteiger partial charge is 0.411 e. The van der Waals surface area contributed by atoms with E-state index in [2.05, 4.69) is 13.0 Å². The van der Waals surface area contributed by atoms with Crippen LogP contribution in [0, 0.1) is 11.8 Å². The molecule has 0 radical (unpaired) electrons. The molecule has 21 heavy (non-hydrogen) atoms. The van der Waals surface area contributed by atoms with E-state index in [0.29, 0.717) is 18.9 Å². The SMILES string of the molecule is CC1=CC2C[C@@H](C(=O)O)N(C(=O)OC(C)(C)C)CC2CC1. The van der Waals surface area contributed by atoms with Crippen molar-refractivity contribution in [3.63, 3.8) is 0 Å². The summed E-state index contributed by atoms with van der Waals surface area (Å²) < 4.78 is 5.37. The first-order valence-corrected chi connectivity index (χ1v) is 7.57. The number of hydrogen-bond acceptors (Lipinski definition) is 3. The largest absolute Gasteiger partial charge is 0.480 e. The van der Waals surface area contributed by atoms with Gasteiger partial charge in [-0.15, -0.1) is 0 Å². The molecule has 1 saturated heterocycles. The van der Waals surface area contributed by atoms with Gasteiger partial charge in [0.25, 0.3) is 0 Å². The normalized spacial score (nSPS) is 29.4. The Morgan fingerprint density at radius 2 is 2.05 bits per heavy atom. The first-order chi connectivity index (χ1) is 9.67. The molecule has 0 saturated carbocycles. The van der Waals surface area contributed by atoms with Crippen LogP contribution < -0.4 is 0 Å². The number of nitrogens with zero attached hydrogens (tertiary/aromatic N) is 1. The van der Waals surface area contributed by atoms with Crippen LogP contribution in [-0.2, 0) is 9.53 Å². The fourth-order valence-electron chi connectivity index (χ4n) is 3.22. The summed E-state index contributed by atoms with van der Waals surface area (Å²) in [5, 5.41) is 9.44. The van der Waals surface area contributed by atoms with Crippen molar-refractivity contribution in [3.8, 4) is 0 Å². The van der Waals surface area contributed by atoms with E-state index < -0.39 is 23.7 Å². The summed E-state index contributed by atoms with van der Waals surface area (Å²) in [7, 11) is 0. The number of piperidine rings is 1. The second-order valence-corrected chi connectivity index (χ2v) is 7.20. The van der Waals surface area contributed by atoms with Crippen molar-refractivity contribution in [1.82, 2.24) is 4.90 Å². The Labute approximate surface area is 126 Å². The van der Waals surface area contributed by atoms with Crippen LogP contribution in [0.15, 0.2) is 11.6 Å². The number of hydrogen-bond donors (Lipinski definition) is 1. The van der Waals surface area contributed by atoms with E-state index in [0.717, 1.165) is 12.8 Å². The summed E-state index contributed by atoms with van der Waals surface area (Å²) in [6, 6.07) is -0.789. The highest BCUT2D eigenvalue weighted by Crippen LogP contribution is 2.37. The molecule has 118 valence electrons. The molecule has 5 nitrogen and oxygen atoms in total. The first kappa shape index (κ1) is 15.9. The predicted octanol–water partition coefficient (Wildman–Crippen LogP) is 3.05. The van der Waals surface area contributed by atoms with Crippen LogP contribution in [-0.4, -0.2) is 40.3 Å². The van der Waals surface area contributed by atoms with Crippen molar-refractivity contribution in [2.24, 2.45) is 11.8 Å². The van der Waals surface area contributed by atoms with Gasteiger partial charge in [-0.25, -0.2) is 9.59 Å². The number of carboxylic acids is 1. The number of carbonyl (C=O) groups is 2. The van der Waals surface area contributed by atoms with Gasteiger partial charge in [-0.1, -0.05) is 11.6 Å². The van der Waals surface area contributed by atoms with E-state index in [-0.39, 0.29) is 5.92 Å². The highest BCUT2D eigenvalue weighted by atomic mass is 16.6. The Bertz CT molecular complexity index is 463. The molecule has 2 unspecified atom stereocenters. The summed E-state index contributed by atoms with van der Waals surface area (Å²) in [4.78, 5) is 25.2. The van der Waals surface area contributed by atoms with Gasteiger partial charge < -0.3 is 9.84 Å². The van der Waals surface area contributed by atoms with E-state index in [4.69, 9.17) is 4.74 Å². The summed E-state index contributed by atoms with van der Waals surface area (Å²) in [6.07, 6.45) is 4.20. The Kier molecular flexibility index (Phi) is 4.30. The molecule has 1 amide bonds. The van der Waals surface area contributed by atoms with Crippen molar-refractivity contribution in [1.29, 1.82) is 0 Å². The fraction of sp³-hybridized carbons (Fsp3) is 0.750. The van der Waals surface area contributed by atoms with Gasteiger partial charge in [0.2, 0.25) is 0 Å². The standard InChI is InChI=1S/C16H25NO4/c1-10-5-6-11-9-17(15(20)21-16(2,3)4)13(14(18)19)8-12(11)7-10/h7,11-13H,5-6,8-9H2,1-4H3,(H,18,19)/t11?,12?,13-/m0/s1. The molecule has 1 aliphatic carbocycles. The second-order valence-electron chi connectivity index (χ2n) is 7.20. The molecule has 0 bridgehead atoms. The monoisotopic (exact) mass is 295 g/mol. The van der Waals surface area contributed by atoms with E-state index in [1.807, 2.05) is 0 Å². The van der Waals surface area contributed by atoms with Gasteiger partial charge in [-0.3, -0.25) is 4.90 Å². The highest BCUT2D eigenvalue weighted by Gasteiger charge is 2.42. The topological polar surface area (TPSA) is 66.8 Å². The van der Waals surface area contributed by atoms with Gasteiger partial charge in [0.1, 0.15) is 11.6 Å². The number of carbonyl (C=O) groups excluding carboxylic acids is 1. The van der Waals surface area contributed by atoms with Crippen molar-refractivity contribution < 1.29 is 19.4 Å². The number of carboxylic acid groups (broad SMARTS) is 1. The number of aliphatic carboxylic acids is 1. The maximum Gasteiger partial charge on any atom is 0.411 e. The lowest BCUT2D eigenvalue weighted by molar-refractivity contribution is -0.145.